The van der Waals surface area contributed by atoms with Crippen molar-refractivity contribution in [1.29, 1.82) is 0 Å². The van der Waals surface area contributed by atoms with Gasteiger partial charge in [0, 0.05) is 29.5 Å². The van der Waals surface area contributed by atoms with Crippen LogP contribution >= 0.6 is 11.3 Å². The fourth-order valence-corrected chi connectivity index (χ4v) is 4.49. The number of hydrogen-bond donors (Lipinski definition) is 1. The second-order valence-electron chi connectivity index (χ2n) is 9.16. The number of nitro groups is 1. The van der Waals surface area contributed by atoms with Crippen LogP contribution in [0.3, 0.4) is 0 Å². The van der Waals surface area contributed by atoms with Gasteiger partial charge in [0.05, 0.1) is 18.1 Å². The van der Waals surface area contributed by atoms with Gasteiger partial charge in [-0.2, -0.15) is 0 Å². The first-order chi connectivity index (χ1) is 17.1. The molecule has 190 valence electrons. The summed E-state index contributed by atoms with van der Waals surface area (Å²) in [6.45, 7) is 8.66. The Bertz CT molecular complexity index is 1230. The normalized spacial score (nSPS) is 11.1. The maximum absolute atomic E-state index is 12.7. The van der Waals surface area contributed by atoms with Gasteiger partial charge in [0.2, 0.25) is 5.91 Å². The number of benzene rings is 2. The van der Waals surface area contributed by atoms with E-state index >= 15 is 0 Å². The van der Waals surface area contributed by atoms with Gasteiger partial charge in [-0.15, -0.1) is 11.3 Å². The van der Waals surface area contributed by atoms with Gasteiger partial charge in [-0.3, -0.25) is 14.9 Å². The maximum atomic E-state index is 12.7. The van der Waals surface area contributed by atoms with E-state index in [4.69, 9.17) is 9.47 Å². The lowest BCUT2D eigenvalue weighted by Gasteiger charge is -2.19. The van der Waals surface area contributed by atoms with Crippen molar-refractivity contribution in [3.63, 3.8) is 0 Å². The van der Waals surface area contributed by atoms with E-state index in [9.17, 15) is 19.7 Å². The molecule has 3 aromatic rings. The summed E-state index contributed by atoms with van der Waals surface area (Å²) in [7, 11) is 0. The van der Waals surface area contributed by atoms with E-state index in [1.165, 1.54) is 29.0 Å². The molecule has 1 heterocycles. The van der Waals surface area contributed by atoms with E-state index in [-0.39, 0.29) is 35.6 Å². The summed E-state index contributed by atoms with van der Waals surface area (Å²) in [5.41, 5.74) is 2.34. The molecule has 3 rings (SSSR count). The fraction of sp³-hybridized carbons (Fsp3) is 0.333. The molecule has 0 aliphatic rings. The summed E-state index contributed by atoms with van der Waals surface area (Å²) in [4.78, 5) is 36.0. The zero-order valence-electron chi connectivity index (χ0n) is 20.8. The quantitative estimate of drug-likeness (QED) is 0.143. The number of nitrogens with one attached hydrogen (secondary N) is 1. The summed E-state index contributed by atoms with van der Waals surface area (Å²) in [5.74, 6) is -0.120. The molecule has 0 spiro atoms. The lowest BCUT2D eigenvalue weighted by molar-refractivity contribution is -0.384. The van der Waals surface area contributed by atoms with E-state index in [1.807, 2.05) is 24.3 Å². The van der Waals surface area contributed by atoms with Crippen LogP contribution in [-0.2, 0) is 14.9 Å². The Balaban J connectivity index is 1.64. The third-order valence-electron chi connectivity index (χ3n) is 5.43. The predicted molar refractivity (Wildman–Crippen MR) is 141 cm³/mol. The van der Waals surface area contributed by atoms with Crippen LogP contribution in [0.1, 0.15) is 56.5 Å². The molecule has 36 heavy (non-hydrogen) atoms. The van der Waals surface area contributed by atoms with Crippen LogP contribution in [0.25, 0.3) is 11.1 Å². The van der Waals surface area contributed by atoms with Crippen molar-refractivity contribution >= 4 is 33.9 Å². The number of esters is 1. The number of non-ortho nitro benzene ring substituents is 1. The zero-order chi connectivity index (χ0) is 26.3. The number of thiophene rings is 1. The van der Waals surface area contributed by atoms with Crippen LogP contribution < -0.4 is 10.1 Å². The lowest BCUT2D eigenvalue weighted by atomic mass is 9.87. The van der Waals surface area contributed by atoms with Crippen molar-refractivity contribution in [1.82, 2.24) is 0 Å². The van der Waals surface area contributed by atoms with Gasteiger partial charge in [-0.05, 0) is 42.0 Å². The highest BCUT2D eigenvalue weighted by molar-refractivity contribution is 7.15. The van der Waals surface area contributed by atoms with E-state index in [0.29, 0.717) is 29.2 Å². The van der Waals surface area contributed by atoms with Crippen molar-refractivity contribution in [3.05, 3.63) is 75.2 Å². The SMILES string of the molecule is CCOC(=O)c1c(-c2cccc([N+](=O)[O-])c2)csc1NC(=O)CCCOc1ccc(C(C)(C)C)cc1. The van der Waals surface area contributed by atoms with Gasteiger partial charge >= 0.3 is 5.97 Å². The molecule has 9 heteroatoms. The van der Waals surface area contributed by atoms with Crippen molar-refractivity contribution in [2.45, 2.75) is 46.0 Å². The number of amides is 1. The Morgan fingerprint density at radius 3 is 2.47 bits per heavy atom. The number of carbonyl (C=O) groups is 2. The first kappa shape index (κ1) is 26.9. The zero-order valence-corrected chi connectivity index (χ0v) is 21.6. The predicted octanol–water partition coefficient (Wildman–Crippen LogP) is 6.60. The Hall–Kier alpha value is -3.72. The van der Waals surface area contributed by atoms with E-state index in [2.05, 4.69) is 26.1 Å². The average molecular weight is 511 g/mol. The van der Waals surface area contributed by atoms with E-state index in [1.54, 1.807) is 24.4 Å². The molecule has 0 bridgehead atoms. The minimum atomic E-state index is -0.599. The van der Waals surface area contributed by atoms with Crippen LogP contribution in [0.2, 0.25) is 0 Å². The first-order valence-corrected chi connectivity index (χ1v) is 12.5. The molecule has 0 saturated carbocycles. The fourth-order valence-electron chi connectivity index (χ4n) is 3.52. The van der Waals surface area contributed by atoms with Crippen LogP contribution in [0.15, 0.2) is 53.9 Å². The Morgan fingerprint density at radius 1 is 1.11 bits per heavy atom. The highest BCUT2D eigenvalue weighted by atomic mass is 32.1. The van der Waals surface area contributed by atoms with Gasteiger partial charge in [-0.1, -0.05) is 45.0 Å². The third kappa shape index (κ3) is 6.91. The highest BCUT2D eigenvalue weighted by Crippen LogP contribution is 2.37. The molecule has 0 aliphatic carbocycles. The summed E-state index contributed by atoms with van der Waals surface area (Å²) in [5, 5.41) is 16.0. The van der Waals surface area contributed by atoms with Crippen molar-refractivity contribution in [2.24, 2.45) is 0 Å². The number of ether oxygens (including phenoxy) is 2. The molecule has 2 aromatic carbocycles. The van der Waals surface area contributed by atoms with Crippen LogP contribution in [0.4, 0.5) is 10.7 Å². The molecular formula is C27H30N2O6S. The molecule has 8 nitrogen and oxygen atoms in total. The summed E-state index contributed by atoms with van der Waals surface area (Å²) in [6, 6.07) is 13.9. The number of nitro benzene ring substituents is 1. The molecule has 0 atom stereocenters. The molecule has 0 unspecified atom stereocenters. The smallest absolute Gasteiger partial charge is 0.341 e. The van der Waals surface area contributed by atoms with Gasteiger partial charge in [0.15, 0.2) is 0 Å². The van der Waals surface area contributed by atoms with E-state index in [0.717, 1.165) is 5.75 Å². The molecule has 0 radical (unpaired) electrons. The van der Waals surface area contributed by atoms with Crippen LogP contribution in [0, 0.1) is 10.1 Å². The standard InChI is InChI=1S/C27H30N2O6S/c1-5-34-26(31)24-22(18-8-6-9-20(16-18)29(32)33)17-36-25(24)28-23(30)10-7-15-35-21-13-11-19(12-14-21)27(2,3)4/h6,8-9,11-14,16-17H,5,7,10,15H2,1-4H3,(H,28,30). The minimum Gasteiger partial charge on any atom is -0.494 e. The minimum absolute atomic E-state index is 0.0654. The molecule has 1 N–H and O–H groups in total. The van der Waals surface area contributed by atoms with Gasteiger partial charge in [0.25, 0.3) is 5.69 Å². The topological polar surface area (TPSA) is 108 Å². The highest BCUT2D eigenvalue weighted by Gasteiger charge is 2.23. The number of carbonyl (C=O) groups excluding carboxylic acids is 2. The first-order valence-electron chi connectivity index (χ1n) is 11.7. The molecule has 0 aliphatic heterocycles. The average Bonchev–Trinajstić information content (AvgIpc) is 3.25. The monoisotopic (exact) mass is 510 g/mol. The summed E-state index contributed by atoms with van der Waals surface area (Å²) in [6.07, 6.45) is 0.692. The Morgan fingerprint density at radius 2 is 1.83 bits per heavy atom. The molecular weight excluding hydrogens is 480 g/mol. The number of hydrogen-bond acceptors (Lipinski definition) is 7. The lowest BCUT2D eigenvalue weighted by Crippen LogP contribution is -2.15. The third-order valence-corrected chi connectivity index (χ3v) is 6.32. The largest absolute Gasteiger partial charge is 0.494 e. The van der Waals surface area contributed by atoms with Crippen molar-refractivity contribution in [3.8, 4) is 16.9 Å². The summed E-state index contributed by atoms with van der Waals surface area (Å²) >= 11 is 1.17. The number of rotatable bonds is 10. The van der Waals surface area contributed by atoms with Gasteiger partial charge in [-0.25, -0.2) is 4.79 Å². The second kappa shape index (κ2) is 11.8. The van der Waals surface area contributed by atoms with Crippen LogP contribution in [0.5, 0.6) is 5.75 Å². The van der Waals surface area contributed by atoms with Gasteiger partial charge in [0.1, 0.15) is 16.3 Å². The molecule has 1 amide bonds. The van der Waals surface area contributed by atoms with Crippen LogP contribution in [-0.4, -0.2) is 30.0 Å². The van der Waals surface area contributed by atoms with Gasteiger partial charge < -0.3 is 14.8 Å². The second-order valence-corrected chi connectivity index (χ2v) is 10.0. The molecule has 0 saturated heterocycles. The maximum Gasteiger partial charge on any atom is 0.341 e. The Labute approximate surface area is 214 Å². The summed E-state index contributed by atoms with van der Waals surface area (Å²) < 4.78 is 10.9. The van der Waals surface area contributed by atoms with Crippen molar-refractivity contribution in [2.75, 3.05) is 18.5 Å². The Kier molecular flexibility index (Phi) is 8.82. The molecule has 0 fully saturated rings. The number of anilines is 1. The molecule has 1 aromatic heterocycles. The van der Waals surface area contributed by atoms with Crippen molar-refractivity contribution < 1.29 is 24.0 Å². The van der Waals surface area contributed by atoms with E-state index < -0.39 is 10.9 Å². The number of nitrogens with zero attached hydrogens (tertiary/aromatic N) is 1.